The maximum absolute atomic E-state index is 12.7. The van der Waals surface area contributed by atoms with Crippen LogP contribution in [0.1, 0.15) is 66.2 Å². The lowest BCUT2D eigenvalue weighted by atomic mass is 10.0. The number of hydrogen-bond donors (Lipinski definition) is 0. The summed E-state index contributed by atoms with van der Waals surface area (Å²) < 4.78 is 1.05. The van der Waals surface area contributed by atoms with E-state index in [2.05, 4.69) is 22.9 Å². The van der Waals surface area contributed by atoms with Crippen molar-refractivity contribution in [2.45, 2.75) is 45.4 Å². The summed E-state index contributed by atoms with van der Waals surface area (Å²) in [7, 11) is 0. The van der Waals surface area contributed by atoms with E-state index in [0.29, 0.717) is 17.7 Å². The maximum atomic E-state index is 12.7. The SMILES string of the molecule is CCCCCCCCN1C(=O)c2ccc(-c3ccc(Br)s3)cc2C1=O. The van der Waals surface area contributed by atoms with Gasteiger partial charge in [0.2, 0.25) is 0 Å². The molecule has 0 bridgehead atoms. The van der Waals surface area contributed by atoms with Crippen molar-refractivity contribution in [1.82, 2.24) is 4.90 Å². The smallest absolute Gasteiger partial charge is 0.261 e. The molecule has 132 valence electrons. The Bertz CT molecular complexity index is 784. The van der Waals surface area contributed by atoms with Crippen molar-refractivity contribution in [1.29, 1.82) is 0 Å². The number of amides is 2. The van der Waals surface area contributed by atoms with E-state index < -0.39 is 0 Å². The number of carbonyl (C=O) groups excluding carboxylic acids is 2. The van der Waals surface area contributed by atoms with Crippen molar-refractivity contribution in [3.05, 3.63) is 45.2 Å². The number of nitrogens with zero attached hydrogens (tertiary/aromatic N) is 1. The van der Waals surface area contributed by atoms with E-state index in [1.165, 1.54) is 30.6 Å². The van der Waals surface area contributed by atoms with Crippen LogP contribution in [-0.4, -0.2) is 23.3 Å². The monoisotopic (exact) mass is 419 g/mol. The van der Waals surface area contributed by atoms with Gasteiger partial charge in [0.25, 0.3) is 11.8 Å². The van der Waals surface area contributed by atoms with Crippen molar-refractivity contribution in [3.63, 3.8) is 0 Å². The number of rotatable bonds is 8. The largest absolute Gasteiger partial charge is 0.274 e. The third-order valence-corrected chi connectivity index (χ3v) is 6.24. The first-order valence-corrected chi connectivity index (χ1v) is 10.5. The molecule has 0 saturated heterocycles. The second-order valence-corrected chi connectivity index (χ2v) is 8.86. The second-order valence-electron chi connectivity index (χ2n) is 6.39. The number of imide groups is 1. The Balaban J connectivity index is 1.67. The van der Waals surface area contributed by atoms with Crippen molar-refractivity contribution >= 4 is 39.1 Å². The predicted octanol–water partition coefficient (Wildman–Crippen LogP) is 6.13. The van der Waals surface area contributed by atoms with Crippen LogP contribution in [0.5, 0.6) is 0 Å². The Hall–Kier alpha value is -1.46. The quantitative estimate of drug-likeness (QED) is 0.380. The molecule has 5 heteroatoms. The fourth-order valence-corrected chi connectivity index (χ4v) is 4.55. The Labute approximate surface area is 161 Å². The molecule has 0 aliphatic carbocycles. The normalized spacial score (nSPS) is 13.6. The van der Waals surface area contributed by atoms with Crippen LogP contribution >= 0.6 is 27.3 Å². The first kappa shape index (κ1) is 18.3. The van der Waals surface area contributed by atoms with E-state index in [1.54, 1.807) is 17.4 Å². The number of fused-ring (bicyclic) bond motifs is 1. The second kappa shape index (κ2) is 8.28. The molecule has 0 unspecified atom stereocenters. The van der Waals surface area contributed by atoms with E-state index in [1.807, 2.05) is 24.3 Å². The first-order valence-electron chi connectivity index (χ1n) is 8.87. The van der Waals surface area contributed by atoms with Gasteiger partial charge in [0.15, 0.2) is 0 Å². The fourth-order valence-electron chi connectivity index (χ4n) is 3.17. The lowest BCUT2D eigenvalue weighted by molar-refractivity contribution is 0.0651. The third kappa shape index (κ3) is 4.04. The lowest BCUT2D eigenvalue weighted by Crippen LogP contribution is -2.30. The highest BCUT2D eigenvalue weighted by Gasteiger charge is 2.35. The number of hydrogen-bond acceptors (Lipinski definition) is 3. The number of carbonyl (C=O) groups is 2. The van der Waals surface area contributed by atoms with Crippen molar-refractivity contribution in [2.24, 2.45) is 0 Å². The standard InChI is InChI=1S/C20H22BrNO2S/c1-2-3-4-5-6-7-12-22-19(23)15-9-8-14(13-16(15)20(22)24)17-10-11-18(21)25-17/h8-11,13H,2-7,12H2,1H3. The number of unbranched alkanes of at least 4 members (excludes halogenated alkanes) is 5. The molecular formula is C20H22BrNO2S. The molecule has 0 radical (unpaired) electrons. The average molecular weight is 420 g/mol. The minimum Gasteiger partial charge on any atom is -0.274 e. The van der Waals surface area contributed by atoms with Crippen LogP contribution in [0, 0.1) is 0 Å². The van der Waals surface area contributed by atoms with Crippen LogP contribution in [0.2, 0.25) is 0 Å². The molecule has 1 aliphatic rings. The van der Waals surface area contributed by atoms with Gasteiger partial charge in [-0.15, -0.1) is 11.3 Å². The van der Waals surface area contributed by atoms with Crippen LogP contribution in [0.3, 0.4) is 0 Å². The van der Waals surface area contributed by atoms with Gasteiger partial charge >= 0.3 is 0 Å². The molecule has 3 rings (SSSR count). The van der Waals surface area contributed by atoms with Crippen LogP contribution in [0.25, 0.3) is 10.4 Å². The van der Waals surface area contributed by atoms with Crippen molar-refractivity contribution in [3.8, 4) is 10.4 Å². The van der Waals surface area contributed by atoms with Gasteiger partial charge in [-0.05, 0) is 52.2 Å². The molecule has 2 heterocycles. The topological polar surface area (TPSA) is 37.4 Å². The van der Waals surface area contributed by atoms with E-state index in [0.717, 1.165) is 27.1 Å². The molecule has 2 aromatic rings. The molecule has 0 N–H and O–H groups in total. The summed E-state index contributed by atoms with van der Waals surface area (Å²) in [5, 5.41) is 0. The summed E-state index contributed by atoms with van der Waals surface area (Å²) in [5.41, 5.74) is 2.06. The van der Waals surface area contributed by atoms with Gasteiger partial charge in [0.05, 0.1) is 14.9 Å². The molecule has 25 heavy (non-hydrogen) atoms. The molecule has 0 atom stereocenters. The van der Waals surface area contributed by atoms with E-state index in [4.69, 9.17) is 0 Å². The van der Waals surface area contributed by atoms with E-state index in [9.17, 15) is 9.59 Å². The van der Waals surface area contributed by atoms with E-state index >= 15 is 0 Å². The fraction of sp³-hybridized carbons (Fsp3) is 0.400. The summed E-state index contributed by atoms with van der Waals surface area (Å²) in [6, 6.07) is 9.59. The first-order chi connectivity index (χ1) is 12.1. The highest BCUT2D eigenvalue weighted by molar-refractivity contribution is 9.11. The highest BCUT2D eigenvalue weighted by atomic mass is 79.9. The van der Waals surface area contributed by atoms with Crippen LogP contribution in [-0.2, 0) is 0 Å². The molecule has 1 aromatic carbocycles. The number of benzene rings is 1. The van der Waals surface area contributed by atoms with Gasteiger partial charge in [-0.3, -0.25) is 14.5 Å². The van der Waals surface area contributed by atoms with Gasteiger partial charge in [-0.2, -0.15) is 0 Å². The maximum Gasteiger partial charge on any atom is 0.261 e. The molecule has 0 saturated carbocycles. The summed E-state index contributed by atoms with van der Waals surface area (Å²) >= 11 is 5.08. The molecule has 0 fully saturated rings. The van der Waals surface area contributed by atoms with Gasteiger partial charge in [0.1, 0.15) is 0 Å². The Morgan fingerprint density at radius 1 is 0.920 bits per heavy atom. The summed E-state index contributed by atoms with van der Waals surface area (Å²) in [6.45, 7) is 2.72. The molecule has 1 aliphatic heterocycles. The Morgan fingerprint density at radius 3 is 2.36 bits per heavy atom. The van der Waals surface area contributed by atoms with Gasteiger partial charge < -0.3 is 0 Å². The lowest BCUT2D eigenvalue weighted by Gasteiger charge is -2.13. The third-order valence-electron chi connectivity index (χ3n) is 4.56. The Morgan fingerprint density at radius 2 is 1.64 bits per heavy atom. The molecule has 1 aromatic heterocycles. The minimum absolute atomic E-state index is 0.146. The molecular weight excluding hydrogens is 398 g/mol. The molecule has 0 spiro atoms. The van der Waals surface area contributed by atoms with Crippen LogP contribution in [0.15, 0.2) is 34.1 Å². The minimum atomic E-state index is -0.147. The zero-order valence-electron chi connectivity index (χ0n) is 14.4. The summed E-state index contributed by atoms with van der Waals surface area (Å²) in [4.78, 5) is 27.7. The van der Waals surface area contributed by atoms with Gasteiger partial charge in [0, 0.05) is 11.4 Å². The van der Waals surface area contributed by atoms with Gasteiger partial charge in [-0.1, -0.05) is 45.1 Å². The summed E-state index contributed by atoms with van der Waals surface area (Å²) in [5.74, 6) is -0.293. The number of thiophene rings is 1. The average Bonchev–Trinajstić information content (AvgIpc) is 3.14. The molecule has 3 nitrogen and oxygen atoms in total. The van der Waals surface area contributed by atoms with E-state index in [-0.39, 0.29) is 11.8 Å². The van der Waals surface area contributed by atoms with Crippen LogP contribution in [0.4, 0.5) is 0 Å². The number of halogens is 1. The van der Waals surface area contributed by atoms with Gasteiger partial charge in [-0.25, -0.2) is 0 Å². The van der Waals surface area contributed by atoms with Crippen molar-refractivity contribution < 1.29 is 9.59 Å². The zero-order valence-corrected chi connectivity index (χ0v) is 16.8. The van der Waals surface area contributed by atoms with Crippen molar-refractivity contribution in [2.75, 3.05) is 6.54 Å². The summed E-state index contributed by atoms with van der Waals surface area (Å²) in [6.07, 6.45) is 6.85. The van der Waals surface area contributed by atoms with Crippen LogP contribution < -0.4 is 0 Å². The molecule has 2 amide bonds. The highest BCUT2D eigenvalue weighted by Crippen LogP contribution is 2.34. The predicted molar refractivity (Wildman–Crippen MR) is 106 cm³/mol. The Kier molecular flexibility index (Phi) is 6.07. The zero-order chi connectivity index (χ0) is 17.8.